The lowest BCUT2D eigenvalue weighted by atomic mass is 10.1. The Bertz CT molecular complexity index is 694. The van der Waals surface area contributed by atoms with E-state index in [4.69, 9.17) is 0 Å². The summed E-state index contributed by atoms with van der Waals surface area (Å²) in [6.45, 7) is 1.16. The zero-order chi connectivity index (χ0) is 17.9. The van der Waals surface area contributed by atoms with E-state index in [0.29, 0.717) is 0 Å². The van der Waals surface area contributed by atoms with Gasteiger partial charge in [-0.25, -0.2) is 0 Å². The molecule has 24 heavy (non-hydrogen) atoms. The molecule has 1 aromatic carbocycles. The highest BCUT2D eigenvalue weighted by Gasteiger charge is 2.39. The molecule has 0 atom stereocenters. The van der Waals surface area contributed by atoms with E-state index in [1.165, 1.54) is 0 Å². The number of hydrogen-bond acceptors (Lipinski definition) is 3. The van der Waals surface area contributed by atoms with Crippen LogP contribution in [-0.4, -0.2) is 41.9 Å². The number of rotatable bonds is 4. The first kappa shape index (κ1) is 17.7. The van der Waals surface area contributed by atoms with Gasteiger partial charge in [0.1, 0.15) is 0 Å². The largest absolute Gasteiger partial charge is 0.471 e. The molecule has 1 fully saturated rings. The Morgan fingerprint density at radius 3 is 2.46 bits per heavy atom. The van der Waals surface area contributed by atoms with Gasteiger partial charge in [-0.05, 0) is 18.6 Å². The Hall–Kier alpha value is -2.64. The predicted molar refractivity (Wildman–Crippen MR) is 79.6 cm³/mol. The van der Waals surface area contributed by atoms with Gasteiger partial charge in [-0.2, -0.15) is 13.2 Å². The molecule has 0 bridgehead atoms. The summed E-state index contributed by atoms with van der Waals surface area (Å²) >= 11 is 0. The minimum Gasteiger partial charge on any atom is -0.346 e. The highest BCUT2D eigenvalue weighted by molar-refractivity contribution is 6.15. The van der Waals surface area contributed by atoms with Crippen LogP contribution in [0.15, 0.2) is 29.8 Å². The molecule has 0 aliphatic carbocycles. The number of hydrogen-bond donors (Lipinski definition) is 1. The minimum absolute atomic E-state index is 0.111. The van der Waals surface area contributed by atoms with E-state index in [1.54, 1.807) is 23.5 Å². The van der Waals surface area contributed by atoms with Crippen LogP contribution in [0, 0.1) is 6.92 Å². The van der Waals surface area contributed by atoms with Gasteiger partial charge in [-0.3, -0.25) is 19.3 Å². The second-order valence-electron chi connectivity index (χ2n) is 5.36. The highest BCUT2D eigenvalue weighted by Crippen LogP contribution is 2.21. The molecule has 5 nitrogen and oxygen atoms in total. The van der Waals surface area contributed by atoms with Gasteiger partial charge >= 0.3 is 12.1 Å². The summed E-state index contributed by atoms with van der Waals surface area (Å²) in [5.74, 6) is -3.15. The number of likely N-dealkylation sites (tertiary alicyclic amines) is 1. The molecule has 1 heterocycles. The lowest BCUT2D eigenvalue weighted by Gasteiger charge is -2.14. The number of imide groups is 1. The summed E-state index contributed by atoms with van der Waals surface area (Å²) in [6, 6.07) is 7.31. The predicted octanol–water partition coefficient (Wildman–Crippen LogP) is 1.82. The number of nitrogens with zero attached hydrogens (tertiary/aromatic N) is 1. The Balaban J connectivity index is 1.99. The molecule has 8 heteroatoms. The average Bonchev–Trinajstić information content (AvgIpc) is 2.76. The van der Waals surface area contributed by atoms with Crippen molar-refractivity contribution in [1.82, 2.24) is 10.2 Å². The van der Waals surface area contributed by atoms with Gasteiger partial charge in [-0.15, -0.1) is 0 Å². The molecule has 2 rings (SSSR count). The maximum atomic E-state index is 12.2. The Morgan fingerprint density at radius 2 is 1.88 bits per heavy atom. The van der Waals surface area contributed by atoms with E-state index in [9.17, 15) is 27.6 Å². The standard InChI is InChI=1S/C16H15F3N2O3/c1-10-2-4-11(5-3-10)8-12-9-13(22)21(14(12)23)7-6-20-15(24)16(17,18)19/h2-5,8H,6-7,9H2,1H3,(H,20,24)/b12-8+. The molecular weight excluding hydrogens is 325 g/mol. The third-order valence-electron chi connectivity index (χ3n) is 3.46. The lowest BCUT2D eigenvalue weighted by Crippen LogP contribution is -2.42. The number of halogens is 3. The first-order valence-electron chi connectivity index (χ1n) is 7.15. The lowest BCUT2D eigenvalue weighted by molar-refractivity contribution is -0.173. The molecular formula is C16H15F3N2O3. The summed E-state index contributed by atoms with van der Waals surface area (Å²) in [5.41, 5.74) is 2.07. The zero-order valence-electron chi connectivity index (χ0n) is 12.8. The first-order chi connectivity index (χ1) is 11.2. The van der Waals surface area contributed by atoms with Crippen molar-refractivity contribution in [2.75, 3.05) is 13.1 Å². The molecule has 1 aliphatic rings. The van der Waals surface area contributed by atoms with Gasteiger partial charge < -0.3 is 5.32 Å². The third-order valence-corrected chi connectivity index (χ3v) is 3.46. The molecule has 1 N–H and O–H groups in total. The van der Waals surface area contributed by atoms with Crippen LogP contribution in [0.5, 0.6) is 0 Å². The van der Waals surface area contributed by atoms with Crippen molar-refractivity contribution in [3.8, 4) is 0 Å². The molecule has 3 amide bonds. The van der Waals surface area contributed by atoms with Crippen LogP contribution in [-0.2, 0) is 14.4 Å². The molecule has 0 radical (unpaired) electrons. The Kier molecular flexibility index (Phi) is 5.06. The fourth-order valence-corrected chi connectivity index (χ4v) is 2.20. The summed E-state index contributed by atoms with van der Waals surface area (Å²) in [7, 11) is 0. The minimum atomic E-state index is -4.99. The normalized spacial score (nSPS) is 16.8. The van der Waals surface area contributed by atoms with Gasteiger partial charge in [0.15, 0.2) is 0 Å². The number of nitrogens with one attached hydrogen (secondary N) is 1. The van der Waals surface area contributed by atoms with Gasteiger partial charge in [0.2, 0.25) is 5.91 Å². The first-order valence-corrected chi connectivity index (χ1v) is 7.15. The van der Waals surface area contributed by atoms with Crippen molar-refractivity contribution in [1.29, 1.82) is 0 Å². The van der Waals surface area contributed by atoms with Crippen molar-refractivity contribution < 1.29 is 27.6 Å². The monoisotopic (exact) mass is 340 g/mol. The van der Waals surface area contributed by atoms with Crippen LogP contribution < -0.4 is 5.32 Å². The van der Waals surface area contributed by atoms with Gasteiger partial charge in [-0.1, -0.05) is 29.8 Å². The number of carbonyl (C=O) groups excluding carboxylic acids is 3. The number of alkyl halides is 3. The summed E-state index contributed by atoms with van der Waals surface area (Å²) in [6.07, 6.45) is -3.52. The van der Waals surface area contributed by atoms with Crippen LogP contribution in [0.3, 0.4) is 0 Å². The number of aryl methyl sites for hydroxylation is 1. The highest BCUT2D eigenvalue weighted by atomic mass is 19.4. The van der Waals surface area contributed by atoms with Crippen LogP contribution in [0.2, 0.25) is 0 Å². The Labute approximate surface area is 136 Å². The second kappa shape index (κ2) is 6.86. The molecule has 0 aromatic heterocycles. The third kappa shape index (κ3) is 4.21. The van der Waals surface area contributed by atoms with Crippen LogP contribution in [0.25, 0.3) is 6.08 Å². The van der Waals surface area contributed by atoms with Gasteiger partial charge in [0.05, 0.1) is 6.42 Å². The van der Waals surface area contributed by atoms with Gasteiger partial charge in [0.25, 0.3) is 5.91 Å². The summed E-state index contributed by atoms with van der Waals surface area (Å²) < 4.78 is 36.2. The van der Waals surface area contributed by atoms with Crippen LogP contribution in [0.1, 0.15) is 17.5 Å². The fraction of sp³-hybridized carbons (Fsp3) is 0.312. The molecule has 1 saturated heterocycles. The van der Waals surface area contributed by atoms with Crippen molar-refractivity contribution in [2.24, 2.45) is 0 Å². The maximum absolute atomic E-state index is 12.2. The van der Waals surface area contributed by atoms with Crippen molar-refractivity contribution >= 4 is 23.8 Å². The Morgan fingerprint density at radius 1 is 1.25 bits per heavy atom. The molecule has 0 unspecified atom stereocenters. The van der Waals surface area contributed by atoms with Crippen molar-refractivity contribution in [3.63, 3.8) is 0 Å². The summed E-state index contributed by atoms with van der Waals surface area (Å²) in [5, 5.41) is 1.63. The average molecular weight is 340 g/mol. The quantitative estimate of drug-likeness (QED) is 0.672. The van der Waals surface area contributed by atoms with E-state index in [-0.39, 0.29) is 18.5 Å². The number of benzene rings is 1. The number of amides is 3. The van der Waals surface area contributed by atoms with E-state index in [0.717, 1.165) is 16.0 Å². The van der Waals surface area contributed by atoms with Gasteiger partial charge in [0, 0.05) is 18.7 Å². The molecule has 1 aliphatic heterocycles. The molecule has 0 saturated carbocycles. The van der Waals surface area contributed by atoms with E-state index in [2.05, 4.69) is 0 Å². The van der Waals surface area contributed by atoms with Crippen molar-refractivity contribution in [3.05, 3.63) is 41.0 Å². The van der Waals surface area contributed by atoms with Crippen molar-refractivity contribution in [2.45, 2.75) is 19.5 Å². The maximum Gasteiger partial charge on any atom is 0.471 e. The molecule has 0 spiro atoms. The zero-order valence-corrected chi connectivity index (χ0v) is 12.8. The molecule has 128 valence electrons. The summed E-state index contributed by atoms with van der Waals surface area (Å²) in [4.78, 5) is 35.5. The van der Waals surface area contributed by atoms with Crippen LogP contribution >= 0.6 is 0 Å². The van der Waals surface area contributed by atoms with E-state index >= 15 is 0 Å². The second-order valence-corrected chi connectivity index (χ2v) is 5.36. The number of carbonyl (C=O) groups is 3. The fourth-order valence-electron chi connectivity index (χ4n) is 2.20. The van der Waals surface area contributed by atoms with E-state index < -0.39 is 30.4 Å². The van der Waals surface area contributed by atoms with E-state index in [1.807, 2.05) is 19.1 Å². The topological polar surface area (TPSA) is 66.5 Å². The molecule has 1 aromatic rings. The van der Waals surface area contributed by atoms with Crippen LogP contribution in [0.4, 0.5) is 13.2 Å². The SMILES string of the molecule is Cc1ccc(/C=C2\CC(=O)N(CCNC(=O)C(F)(F)F)C2=O)cc1. The smallest absolute Gasteiger partial charge is 0.346 e.